The van der Waals surface area contributed by atoms with Gasteiger partial charge in [-0.05, 0) is 63.2 Å². The van der Waals surface area contributed by atoms with Crippen molar-refractivity contribution in [3.05, 3.63) is 29.8 Å². The SMILES string of the molecule is CCCN(CCC)CCCNC(=O)C(=O)Nc1ccc(C(=O)OC)cc1. The first kappa shape index (κ1) is 21.6. The minimum atomic E-state index is -0.727. The Morgan fingerprint density at radius 1 is 0.962 bits per heavy atom. The van der Waals surface area contributed by atoms with E-state index in [-0.39, 0.29) is 0 Å². The lowest BCUT2D eigenvalue weighted by molar-refractivity contribution is -0.136. The highest BCUT2D eigenvalue weighted by atomic mass is 16.5. The first-order valence-corrected chi connectivity index (χ1v) is 9.01. The Kier molecular flexibility index (Phi) is 10.0. The van der Waals surface area contributed by atoms with E-state index in [1.165, 1.54) is 19.2 Å². The van der Waals surface area contributed by atoms with Gasteiger partial charge in [-0.1, -0.05) is 13.8 Å². The number of nitrogens with one attached hydrogen (secondary N) is 2. The topological polar surface area (TPSA) is 87.7 Å². The van der Waals surface area contributed by atoms with Crippen molar-refractivity contribution in [3.63, 3.8) is 0 Å². The molecule has 26 heavy (non-hydrogen) atoms. The van der Waals surface area contributed by atoms with Crippen molar-refractivity contribution in [3.8, 4) is 0 Å². The van der Waals surface area contributed by atoms with E-state index in [0.29, 0.717) is 17.8 Å². The molecule has 0 saturated heterocycles. The van der Waals surface area contributed by atoms with E-state index in [2.05, 4.69) is 34.1 Å². The minimum absolute atomic E-state index is 0.374. The lowest BCUT2D eigenvalue weighted by Gasteiger charge is -2.20. The van der Waals surface area contributed by atoms with Crippen molar-refractivity contribution in [2.45, 2.75) is 33.1 Å². The monoisotopic (exact) mass is 363 g/mol. The van der Waals surface area contributed by atoms with E-state index in [4.69, 9.17) is 0 Å². The maximum atomic E-state index is 11.9. The first-order valence-electron chi connectivity index (χ1n) is 9.01. The van der Waals surface area contributed by atoms with Crippen LogP contribution in [0.1, 0.15) is 43.5 Å². The van der Waals surface area contributed by atoms with E-state index in [1.54, 1.807) is 12.1 Å². The molecule has 0 atom stereocenters. The number of hydrogen-bond donors (Lipinski definition) is 2. The van der Waals surface area contributed by atoms with Gasteiger partial charge < -0.3 is 20.3 Å². The molecule has 0 radical (unpaired) electrons. The number of nitrogens with zero attached hydrogens (tertiary/aromatic N) is 1. The summed E-state index contributed by atoms with van der Waals surface area (Å²) >= 11 is 0. The highest BCUT2D eigenvalue weighted by Crippen LogP contribution is 2.10. The summed E-state index contributed by atoms with van der Waals surface area (Å²) in [5.41, 5.74) is 0.813. The standard InChI is InChI=1S/C19H29N3O4/c1-4-12-22(13-5-2)14-6-11-20-17(23)18(24)21-16-9-7-15(8-10-16)19(25)26-3/h7-10H,4-6,11-14H2,1-3H3,(H,20,23)(H,21,24). The molecule has 0 bridgehead atoms. The Hall–Kier alpha value is -2.41. The number of benzene rings is 1. The van der Waals surface area contributed by atoms with Crippen LogP contribution in [-0.4, -0.2) is 56.0 Å². The van der Waals surface area contributed by atoms with E-state index >= 15 is 0 Å². The fourth-order valence-corrected chi connectivity index (χ4v) is 2.55. The third-order valence-electron chi connectivity index (χ3n) is 3.79. The zero-order chi connectivity index (χ0) is 19.4. The zero-order valence-corrected chi connectivity index (χ0v) is 15.8. The van der Waals surface area contributed by atoms with Crippen LogP contribution in [0.2, 0.25) is 0 Å². The summed E-state index contributed by atoms with van der Waals surface area (Å²) in [6.45, 7) is 7.74. The predicted octanol–water partition coefficient (Wildman–Crippen LogP) is 2.04. The Labute approximate surface area is 155 Å². The normalized spacial score (nSPS) is 10.5. The van der Waals surface area contributed by atoms with Crippen LogP contribution in [0.3, 0.4) is 0 Å². The number of amides is 2. The van der Waals surface area contributed by atoms with Gasteiger partial charge in [0.05, 0.1) is 12.7 Å². The van der Waals surface area contributed by atoms with Gasteiger partial charge in [0.25, 0.3) is 0 Å². The maximum Gasteiger partial charge on any atom is 0.337 e. The Balaban J connectivity index is 2.36. The fraction of sp³-hybridized carbons (Fsp3) is 0.526. The number of carbonyl (C=O) groups is 3. The third kappa shape index (κ3) is 7.65. The molecule has 7 heteroatoms. The van der Waals surface area contributed by atoms with Crippen LogP contribution < -0.4 is 10.6 Å². The second kappa shape index (κ2) is 12.0. The van der Waals surface area contributed by atoms with Crippen molar-refractivity contribution in [2.75, 3.05) is 38.6 Å². The number of methoxy groups -OCH3 is 1. The highest BCUT2D eigenvalue weighted by molar-refractivity contribution is 6.39. The van der Waals surface area contributed by atoms with Gasteiger partial charge in [0.1, 0.15) is 0 Å². The van der Waals surface area contributed by atoms with Crippen molar-refractivity contribution in [1.82, 2.24) is 10.2 Å². The van der Waals surface area contributed by atoms with Gasteiger partial charge in [-0.3, -0.25) is 9.59 Å². The van der Waals surface area contributed by atoms with Crippen molar-refractivity contribution in [1.29, 1.82) is 0 Å². The molecule has 0 fully saturated rings. The number of anilines is 1. The van der Waals surface area contributed by atoms with E-state index in [0.717, 1.165) is 38.9 Å². The largest absolute Gasteiger partial charge is 0.465 e. The molecule has 0 aliphatic carbocycles. The minimum Gasteiger partial charge on any atom is -0.465 e. The van der Waals surface area contributed by atoms with Gasteiger partial charge in [-0.15, -0.1) is 0 Å². The molecule has 7 nitrogen and oxygen atoms in total. The lowest BCUT2D eigenvalue weighted by atomic mass is 10.2. The van der Waals surface area contributed by atoms with Crippen LogP contribution in [0.5, 0.6) is 0 Å². The fourth-order valence-electron chi connectivity index (χ4n) is 2.55. The zero-order valence-electron chi connectivity index (χ0n) is 15.8. The average molecular weight is 363 g/mol. The van der Waals surface area contributed by atoms with E-state index < -0.39 is 17.8 Å². The van der Waals surface area contributed by atoms with Crippen LogP contribution in [0, 0.1) is 0 Å². The molecule has 1 aromatic rings. The molecule has 0 spiro atoms. The Morgan fingerprint density at radius 3 is 2.12 bits per heavy atom. The van der Waals surface area contributed by atoms with Gasteiger partial charge in [0.2, 0.25) is 0 Å². The summed E-state index contributed by atoms with van der Waals surface area (Å²) in [6, 6.07) is 6.14. The Bertz CT molecular complexity index is 581. The van der Waals surface area contributed by atoms with E-state index in [9.17, 15) is 14.4 Å². The molecule has 2 amide bonds. The molecule has 0 unspecified atom stereocenters. The summed E-state index contributed by atoms with van der Waals surface area (Å²) in [7, 11) is 1.30. The third-order valence-corrected chi connectivity index (χ3v) is 3.79. The maximum absolute atomic E-state index is 11.9. The van der Waals surface area contributed by atoms with Gasteiger partial charge >= 0.3 is 17.8 Å². The van der Waals surface area contributed by atoms with Crippen molar-refractivity contribution in [2.24, 2.45) is 0 Å². The summed E-state index contributed by atoms with van der Waals surface area (Å²) in [6.07, 6.45) is 3.00. The Morgan fingerprint density at radius 2 is 1.58 bits per heavy atom. The molecule has 0 heterocycles. The summed E-state index contributed by atoms with van der Waals surface area (Å²) in [5, 5.41) is 5.13. The molecule has 2 N–H and O–H groups in total. The first-order chi connectivity index (χ1) is 12.5. The molecule has 0 aliphatic heterocycles. The van der Waals surface area contributed by atoms with Crippen LogP contribution in [-0.2, 0) is 14.3 Å². The second-order valence-electron chi connectivity index (χ2n) is 5.97. The molecule has 1 rings (SSSR count). The predicted molar refractivity (Wildman–Crippen MR) is 101 cm³/mol. The molecular formula is C19H29N3O4. The number of rotatable bonds is 10. The number of hydrogen-bond acceptors (Lipinski definition) is 5. The highest BCUT2D eigenvalue weighted by Gasteiger charge is 2.14. The molecule has 0 aromatic heterocycles. The van der Waals surface area contributed by atoms with Gasteiger partial charge in [-0.2, -0.15) is 0 Å². The average Bonchev–Trinajstić information content (AvgIpc) is 2.65. The number of carbonyl (C=O) groups excluding carboxylic acids is 3. The molecule has 0 aliphatic rings. The molecule has 0 saturated carbocycles. The second-order valence-corrected chi connectivity index (χ2v) is 5.97. The summed E-state index contributed by atoms with van der Waals surface area (Å²) < 4.78 is 4.60. The number of esters is 1. The summed E-state index contributed by atoms with van der Waals surface area (Å²) in [5.74, 6) is -1.85. The molecule has 1 aromatic carbocycles. The van der Waals surface area contributed by atoms with Crippen LogP contribution in [0.15, 0.2) is 24.3 Å². The quantitative estimate of drug-likeness (QED) is 0.377. The summed E-state index contributed by atoms with van der Waals surface area (Å²) in [4.78, 5) is 37.5. The van der Waals surface area contributed by atoms with Crippen LogP contribution in [0.25, 0.3) is 0 Å². The van der Waals surface area contributed by atoms with Crippen LogP contribution >= 0.6 is 0 Å². The van der Waals surface area contributed by atoms with Crippen molar-refractivity contribution < 1.29 is 19.1 Å². The van der Waals surface area contributed by atoms with Crippen LogP contribution in [0.4, 0.5) is 5.69 Å². The molecular weight excluding hydrogens is 334 g/mol. The van der Waals surface area contributed by atoms with E-state index in [1.807, 2.05) is 0 Å². The van der Waals surface area contributed by atoms with Gasteiger partial charge in [0.15, 0.2) is 0 Å². The number of ether oxygens (including phenoxy) is 1. The smallest absolute Gasteiger partial charge is 0.337 e. The molecule has 144 valence electrons. The lowest BCUT2D eigenvalue weighted by Crippen LogP contribution is -2.37. The van der Waals surface area contributed by atoms with Gasteiger partial charge in [0, 0.05) is 12.2 Å². The van der Waals surface area contributed by atoms with Crippen molar-refractivity contribution >= 4 is 23.5 Å². The van der Waals surface area contributed by atoms with Gasteiger partial charge in [-0.25, -0.2) is 4.79 Å².